The Morgan fingerprint density at radius 3 is 2.79 bits per heavy atom. The van der Waals surface area contributed by atoms with Crippen LogP contribution in [0.1, 0.15) is 31.4 Å². The van der Waals surface area contributed by atoms with Gasteiger partial charge in [0.25, 0.3) is 0 Å². The average molecular weight is 194 g/mol. The maximum Gasteiger partial charge on any atom is 0.194 e. The Bertz CT molecular complexity index is 300. The quantitative estimate of drug-likeness (QED) is 0.736. The van der Waals surface area contributed by atoms with Crippen molar-refractivity contribution < 1.29 is 4.42 Å². The zero-order chi connectivity index (χ0) is 10.1. The Morgan fingerprint density at radius 2 is 2.29 bits per heavy atom. The highest BCUT2D eigenvalue weighted by molar-refractivity contribution is 5.00. The number of rotatable bonds is 3. The molecule has 3 heteroatoms. The van der Waals surface area contributed by atoms with Crippen molar-refractivity contribution in [2.45, 2.75) is 26.2 Å². The van der Waals surface area contributed by atoms with E-state index in [1.54, 1.807) is 0 Å². The molecule has 1 saturated heterocycles. The van der Waals surface area contributed by atoms with Crippen LogP contribution in [0.2, 0.25) is 0 Å². The van der Waals surface area contributed by atoms with Crippen LogP contribution in [-0.4, -0.2) is 30.0 Å². The van der Waals surface area contributed by atoms with E-state index in [-0.39, 0.29) is 0 Å². The Hall–Kier alpha value is -0.830. The van der Waals surface area contributed by atoms with Gasteiger partial charge in [0, 0.05) is 25.4 Å². The average Bonchev–Trinajstić information content (AvgIpc) is 2.50. The normalized spacial score (nSPS) is 18.9. The molecule has 14 heavy (non-hydrogen) atoms. The van der Waals surface area contributed by atoms with Crippen LogP contribution in [0.4, 0.5) is 0 Å². The fourth-order valence-electron chi connectivity index (χ4n) is 1.89. The zero-order valence-corrected chi connectivity index (χ0v) is 9.16. The highest BCUT2D eigenvalue weighted by atomic mass is 16.4. The van der Waals surface area contributed by atoms with Crippen molar-refractivity contribution in [1.29, 1.82) is 0 Å². The van der Waals surface area contributed by atoms with Gasteiger partial charge < -0.3 is 9.32 Å². The fraction of sp³-hybridized carbons (Fsp3) is 0.727. The highest BCUT2D eigenvalue weighted by Crippen LogP contribution is 2.21. The van der Waals surface area contributed by atoms with Gasteiger partial charge in [0.05, 0.1) is 6.20 Å². The summed E-state index contributed by atoms with van der Waals surface area (Å²) >= 11 is 0. The van der Waals surface area contributed by atoms with Gasteiger partial charge in [-0.05, 0) is 13.0 Å². The summed E-state index contributed by atoms with van der Waals surface area (Å²) in [4.78, 5) is 6.62. The second-order valence-electron chi connectivity index (χ2n) is 4.60. The second-order valence-corrected chi connectivity index (χ2v) is 4.60. The Morgan fingerprint density at radius 1 is 1.57 bits per heavy atom. The monoisotopic (exact) mass is 194 g/mol. The Balaban J connectivity index is 1.90. The molecule has 1 aliphatic heterocycles. The number of hydrogen-bond acceptors (Lipinski definition) is 3. The van der Waals surface area contributed by atoms with Gasteiger partial charge in [-0.2, -0.15) is 0 Å². The van der Waals surface area contributed by atoms with E-state index in [0.29, 0.717) is 5.92 Å². The molecule has 0 aromatic carbocycles. The van der Waals surface area contributed by atoms with Crippen LogP contribution in [0, 0.1) is 5.92 Å². The van der Waals surface area contributed by atoms with E-state index in [2.05, 4.69) is 30.8 Å². The van der Waals surface area contributed by atoms with Gasteiger partial charge in [-0.25, -0.2) is 4.98 Å². The molecule has 0 radical (unpaired) electrons. The number of likely N-dealkylation sites (tertiary alicyclic amines) is 1. The van der Waals surface area contributed by atoms with Gasteiger partial charge in [-0.15, -0.1) is 0 Å². The van der Waals surface area contributed by atoms with Crippen LogP contribution in [0.3, 0.4) is 0 Å². The van der Waals surface area contributed by atoms with Crippen LogP contribution in [0.5, 0.6) is 0 Å². The van der Waals surface area contributed by atoms with E-state index < -0.39 is 0 Å². The van der Waals surface area contributed by atoms with Crippen molar-refractivity contribution in [2.24, 2.45) is 5.92 Å². The standard InChI is InChI=1S/C11H18N2O/c1-8(2)10-5-12-11(14-10)4-9-6-13(3)7-9/h5,8-9H,4,6-7H2,1-3H3. The maximum atomic E-state index is 5.66. The highest BCUT2D eigenvalue weighted by Gasteiger charge is 2.25. The van der Waals surface area contributed by atoms with Crippen molar-refractivity contribution >= 4 is 0 Å². The van der Waals surface area contributed by atoms with Gasteiger partial charge in [0.2, 0.25) is 0 Å². The minimum absolute atomic E-state index is 0.445. The van der Waals surface area contributed by atoms with Crippen LogP contribution in [-0.2, 0) is 6.42 Å². The lowest BCUT2D eigenvalue weighted by Gasteiger charge is -2.35. The van der Waals surface area contributed by atoms with E-state index in [0.717, 1.165) is 24.0 Å². The number of hydrogen-bond donors (Lipinski definition) is 0. The van der Waals surface area contributed by atoms with E-state index >= 15 is 0 Å². The molecule has 0 N–H and O–H groups in total. The third kappa shape index (κ3) is 1.98. The molecular formula is C11H18N2O. The van der Waals surface area contributed by atoms with Crippen LogP contribution in [0.15, 0.2) is 10.6 Å². The lowest BCUT2D eigenvalue weighted by Crippen LogP contribution is -2.44. The van der Waals surface area contributed by atoms with E-state index in [1.165, 1.54) is 13.1 Å². The minimum atomic E-state index is 0.445. The minimum Gasteiger partial charge on any atom is -0.445 e. The van der Waals surface area contributed by atoms with E-state index in [1.807, 2.05) is 6.20 Å². The Labute approximate surface area is 85.1 Å². The molecule has 78 valence electrons. The van der Waals surface area contributed by atoms with Crippen molar-refractivity contribution in [1.82, 2.24) is 9.88 Å². The molecule has 0 aliphatic carbocycles. The molecule has 0 atom stereocenters. The molecule has 0 saturated carbocycles. The summed E-state index contributed by atoms with van der Waals surface area (Å²) in [5.74, 6) is 3.11. The molecule has 3 nitrogen and oxygen atoms in total. The predicted octanol–water partition coefficient (Wildman–Crippen LogP) is 1.90. The number of aromatic nitrogens is 1. The smallest absolute Gasteiger partial charge is 0.194 e. The topological polar surface area (TPSA) is 29.3 Å². The molecule has 0 unspecified atom stereocenters. The SMILES string of the molecule is CC(C)c1cnc(CC2CN(C)C2)o1. The molecule has 2 rings (SSSR count). The molecular weight excluding hydrogens is 176 g/mol. The van der Waals surface area contributed by atoms with E-state index in [4.69, 9.17) is 4.42 Å². The summed E-state index contributed by atoms with van der Waals surface area (Å²) in [5.41, 5.74) is 0. The molecule has 1 aromatic rings. The zero-order valence-electron chi connectivity index (χ0n) is 9.16. The largest absolute Gasteiger partial charge is 0.445 e. The van der Waals surface area contributed by atoms with Gasteiger partial charge in [-0.3, -0.25) is 0 Å². The molecule has 1 aromatic heterocycles. The predicted molar refractivity (Wildman–Crippen MR) is 55.3 cm³/mol. The fourth-order valence-corrected chi connectivity index (χ4v) is 1.89. The molecule has 0 spiro atoms. The molecule has 0 amide bonds. The van der Waals surface area contributed by atoms with Crippen LogP contribution >= 0.6 is 0 Å². The summed E-state index contributed by atoms with van der Waals surface area (Å²) in [5, 5.41) is 0. The Kier molecular flexibility index (Phi) is 2.59. The van der Waals surface area contributed by atoms with E-state index in [9.17, 15) is 0 Å². The van der Waals surface area contributed by atoms with Crippen molar-refractivity contribution in [3.63, 3.8) is 0 Å². The van der Waals surface area contributed by atoms with Crippen molar-refractivity contribution in [3.05, 3.63) is 17.8 Å². The van der Waals surface area contributed by atoms with Crippen LogP contribution < -0.4 is 0 Å². The van der Waals surface area contributed by atoms with Crippen molar-refractivity contribution in [2.75, 3.05) is 20.1 Å². The summed E-state index contributed by atoms with van der Waals surface area (Å²) in [6, 6.07) is 0. The molecule has 1 fully saturated rings. The first-order valence-electron chi connectivity index (χ1n) is 5.28. The summed E-state index contributed by atoms with van der Waals surface area (Å²) in [6.45, 7) is 6.61. The van der Waals surface area contributed by atoms with Gasteiger partial charge >= 0.3 is 0 Å². The summed E-state index contributed by atoms with van der Waals surface area (Å²) in [7, 11) is 2.14. The first-order valence-corrected chi connectivity index (χ1v) is 5.28. The molecule has 0 bridgehead atoms. The van der Waals surface area contributed by atoms with Crippen molar-refractivity contribution in [3.8, 4) is 0 Å². The van der Waals surface area contributed by atoms with Crippen LogP contribution in [0.25, 0.3) is 0 Å². The first kappa shape index (κ1) is 9.71. The third-order valence-electron chi connectivity index (χ3n) is 2.74. The van der Waals surface area contributed by atoms with Gasteiger partial charge in [0.1, 0.15) is 5.76 Å². The second kappa shape index (κ2) is 3.73. The molecule has 1 aliphatic rings. The lowest BCUT2D eigenvalue weighted by molar-refractivity contribution is 0.128. The molecule has 2 heterocycles. The number of nitrogens with zero attached hydrogens (tertiary/aromatic N) is 2. The summed E-state index contributed by atoms with van der Waals surface area (Å²) in [6.07, 6.45) is 2.86. The maximum absolute atomic E-state index is 5.66. The lowest BCUT2D eigenvalue weighted by atomic mass is 9.97. The summed E-state index contributed by atoms with van der Waals surface area (Å²) < 4.78 is 5.66. The third-order valence-corrected chi connectivity index (χ3v) is 2.74. The first-order chi connectivity index (χ1) is 6.65. The van der Waals surface area contributed by atoms with Gasteiger partial charge in [-0.1, -0.05) is 13.8 Å². The number of oxazole rings is 1. The van der Waals surface area contributed by atoms with Gasteiger partial charge in [0.15, 0.2) is 5.89 Å².